The Hall–Kier alpha value is -3.05. The van der Waals surface area contributed by atoms with Gasteiger partial charge in [0.25, 0.3) is 0 Å². The van der Waals surface area contributed by atoms with Gasteiger partial charge in [-0.05, 0) is 176 Å². The minimum Gasteiger partial charge on any atom is -0.748 e. The maximum Gasteiger partial charge on any atom is 0 e. The second-order valence-electron chi connectivity index (χ2n) is 19.4. The van der Waals surface area contributed by atoms with E-state index in [4.69, 9.17) is 0 Å². The number of aryl methyl sites for hydroxylation is 4. The van der Waals surface area contributed by atoms with Crippen molar-refractivity contribution in [2.45, 2.75) is 209 Å². The summed E-state index contributed by atoms with van der Waals surface area (Å²) in [6, 6.07) is 47.9. The monoisotopic (exact) mass is 1010 g/mol. The van der Waals surface area contributed by atoms with E-state index in [9.17, 15) is 0 Å². The average molecular weight is 1010 g/mol. The fourth-order valence-corrected chi connectivity index (χ4v) is 16.5. The summed E-state index contributed by atoms with van der Waals surface area (Å²) in [6.07, 6.45) is 29.3. The second-order valence-corrected chi connectivity index (χ2v) is 23.6. The molecule has 0 aliphatic carbocycles. The first kappa shape index (κ1) is 58.5. The average Bonchev–Trinajstić information content (AvgIpc) is 4.12. The SMILES string of the molecule is CCCCc1cccc(P(c2cccc(CCCC)c2CCCC)c2ccc[c-]2P(c2cccc(CCCC)c2CCCC)c2cccc(CCCC)c2CCCC)c1CCCC.[Co].[cH-]1[cH-][cH-][cH-][cH-]1. The molecule has 381 valence electrons. The van der Waals surface area contributed by atoms with Gasteiger partial charge in [-0.3, -0.25) is 0 Å². The van der Waals surface area contributed by atoms with Crippen LogP contribution in [0.4, 0.5) is 0 Å². The van der Waals surface area contributed by atoms with E-state index in [0.717, 1.165) is 0 Å². The largest absolute Gasteiger partial charge is 0.748 e. The van der Waals surface area contributed by atoms with Crippen LogP contribution in [0.15, 0.2) is 121 Å². The van der Waals surface area contributed by atoms with Crippen molar-refractivity contribution in [2.75, 3.05) is 0 Å². The van der Waals surface area contributed by atoms with Gasteiger partial charge in [-0.25, -0.2) is 12.1 Å². The van der Waals surface area contributed by atoms with E-state index >= 15 is 0 Å². The molecule has 0 heterocycles. The van der Waals surface area contributed by atoms with Crippen LogP contribution in [-0.2, 0) is 68.1 Å². The van der Waals surface area contributed by atoms with E-state index in [1.165, 1.54) is 154 Å². The molecule has 0 fully saturated rings. The molecule has 1 radical (unpaired) electrons. The molecular weight excluding hydrogens is 914 g/mol. The Morgan fingerprint density at radius 3 is 0.913 bits per heavy atom. The van der Waals surface area contributed by atoms with Gasteiger partial charge in [-0.15, -0.1) is 10.6 Å². The molecule has 6 rings (SSSR count). The van der Waals surface area contributed by atoms with Gasteiger partial charge in [0.15, 0.2) is 0 Å². The second kappa shape index (κ2) is 33.6. The molecule has 0 atom stereocenters. The summed E-state index contributed by atoms with van der Waals surface area (Å²) in [5.41, 5.74) is 13.1. The molecule has 0 nitrogen and oxygen atoms in total. The molecule has 0 aliphatic heterocycles. The fraction of sp³-hybridized carbons (Fsp3) is 0.485. The zero-order chi connectivity index (χ0) is 48.4. The molecule has 0 spiro atoms. The Bertz CT molecular complexity index is 1990. The smallest absolute Gasteiger partial charge is 0 e. The number of unbranched alkanes of at least 4 members (excludes halogenated alkanes) is 8. The molecule has 0 bridgehead atoms. The minimum absolute atomic E-state index is 0. The molecule has 6 aromatic carbocycles. The summed E-state index contributed by atoms with van der Waals surface area (Å²) in [7, 11) is -1.68. The van der Waals surface area contributed by atoms with Gasteiger partial charge >= 0.3 is 0 Å². The maximum atomic E-state index is 2.63. The summed E-state index contributed by atoms with van der Waals surface area (Å²) in [5, 5.41) is 9.84. The minimum atomic E-state index is -0.839. The Morgan fingerprint density at radius 1 is 0.333 bits per heavy atom. The number of hydrogen-bond donors (Lipinski definition) is 0. The van der Waals surface area contributed by atoms with Crippen molar-refractivity contribution in [1.29, 1.82) is 0 Å². The summed E-state index contributed by atoms with van der Waals surface area (Å²) in [4.78, 5) is 0. The fourth-order valence-electron chi connectivity index (χ4n) is 10.2. The van der Waals surface area contributed by atoms with Crippen molar-refractivity contribution in [1.82, 2.24) is 0 Å². The number of benzene rings is 4. The molecular formula is C66H92CoP2-6. The van der Waals surface area contributed by atoms with Crippen LogP contribution >= 0.6 is 15.8 Å². The van der Waals surface area contributed by atoms with Crippen LogP contribution in [-0.4, -0.2) is 0 Å². The van der Waals surface area contributed by atoms with Gasteiger partial charge in [0.1, 0.15) is 0 Å². The van der Waals surface area contributed by atoms with Gasteiger partial charge in [0.05, 0.1) is 0 Å². The van der Waals surface area contributed by atoms with E-state index in [-0.39, 0.29) is 16.8 Å². The Balaban J connectivity index is 0.00000162. The van der Waals surface area contributed by atoms with Crippen molar-refractivity contribution in [3.8, 4) is 0 Å². The summed E-state index contributed by atoms with van der Waals surface area (Å²) in [6.45, 7) is 19.0. The van der Waals surface area contributed by atoms with Crippen LogP contribution in [0.25, 0.3) is 0 Å². The summed E-state index contributed by atoms with van der Waals surface area (Å²) >= 11 is 0. The van der Waals surface area contributed by atoms with E-state index in [1.54, 1.807) is 76.3 Å². The maximum absolute atomic E-state index is 2.63. The molecule has 6 aromatic rings. The van der Waals surface area contributed by atoms with Crippen molar-refractivity contribution in [3.63, 3.8) is 0 Å². The van der Waals surface area contributed by atoms with Crippen LogP contribution in [0.5, 0.6) is 0 Å². The van der Waals surface area contributed by atoms with Crippen LogP contribution < -0.4 is 31.8 Å². The van der Waals surface area contributed by atoms with Gasteiger partial charge in [-0.2, -0.15) is 6.07 Å². The standard InChI is InChI=1S/C61H87P2.C5H5.Co/c1-9-17-30-48-34-25-42-56(52(48)38-21-13-5)62(57-43-26-35-49(31-18-10-2)53(57)39-22-14-6)60-46-29-47-61(60)63(58-44-27-36-50(32-19-11-3)54(58)40-23-15-7)59-45-28-37-51(33-20-12-4)55(59)41-24-16-8;1-2-4-5-3-1;/h25-29,34-37,42-47H,9-24,30-33,38-41H2,1-8H3;1-5H;/q-1;-5;. The van der Waals surface area contributed by atoms with Crippen LogP contribution in [0.1, 0.15) is 203 Å². The van der Waals surface area contributed by atoms with E-state index < -0.39 is 15.8 Å². The van der Waals surface area contributed by atoms with Crippen LogP contribution in [0, 0.1) is 0 Å². The normalized spacial score (nSPS) is 11.3. The first-order valence-electron chi connectivity index (χ1n) is 28.0. The van der Waals surface area contributed by atoms with E-state index in [2.05, 4.69) is 146 Å². The van der Waals surface area contributed by atoms with E-state index in [0.29, 0.717) is 0 Å². The Kier molecular flexibility index (Phi) is 28.5. The zero-order valence-electron chi connectivity index (χ0n) is 44.7. The third-order valence-corrected chi connectivity index (χ3v) is 19.6. The van der Waals surface area contributed by atoms with Crippen molar-refractivity contribution >= 4 is 47.7 Å². The molecule has 0 saturated carbocycles. The summed E-state index contributed by atoms with van der Waals surface area (Å²) < 4.78 is 0. The van der Waals surface area contributed by atoms with Crippen molar-refractivity contribution in [2.24, 2.45) is 0 Å². The quantitative estimate of drug-likeness (QED) is 0.0312. The first-order chi connectivity index (χ1) is 33.5. The predicted molar refractivity (Wildman–Crippen MR) is 310 cm³/mol. The molecule has 0 N–H and O–H groups in total. The van der Waals surface area contributed by atoms with Crippen molar-refractivity contribution in [3.05, 3.63) is 166 Å². The molecule has 69 heavy (non-hydrogen) atoms. The first-order valence-corrected chi connectivity index (χ1v) is 30.6. The molecule has 0 amide bonds. The molecule has 0 saturated heterocycles. The molecule has 0 aromatic heterocycles. The van der Waals surface area contributed by atoms with Gasteiger partial charge in [0, 0.05) is 16.8 Å². The predicted octanol–water partition coefficient (Wildman–Crippen LogP) is 17.1. The Labute approximate surface area is 437 Å². The zero-order valence-corrected chi connectivity index (χ0v) is 47.6. The third kappa shape index (κ3) is 16.8. The van der Waals surface area contributed by atoms with Crippen LogP contribution in [0.3, 0.4) is 0 Å². The van der Waals surface area contributed by atoms with Crippen LogP contribution in [0.2, 0.25) is 0 Å². The number of hydrogen-bond acceptors (Lipinski definition) is 0. The number of rotatable bonds is 30. The van der Waals surface area contributed by atoms with E-state index in [1.807, 2.05) is 30.3 Å². The summed E-state index contributed by atoms with van der Waals surface area (Å²) in [5.74, 6) is 0. The molecule has 0 unspecified atom stereocenters. The molecule has 3 heteroatoms. The third-order valence-electron chi connectivity index (χ3n) is 14.1. The van der Waals surface area contributed by atoms with Gasteiger partial charge in [0.2, 0.25) is 0 Å². The molecule has 0 aliphatic rings. The van der Waals surface area contributed by atoms with Crippen molar-refractivity contribution < 1.29 is 16.8 Å². The topological polar surface area (TPSA) is 0 Å². The van der Waals surface area contributed by atoms with Gasteiger partial charge in [-0.1, -0.05) is 187 Å². The Morgan fingerprint density at radius 2 is 0.609 bits per heavy atom. The van der Waals surface area contributed by atoms with Gasteiger partial charge < -0.3 is 30.3 Å².